The molecule has 1 unspecified atom stereocenters. The van der Waals surface area contributed by atoms with Crippen LogP contribution in [0.1, 0.15) is 44.6 Å². The number of aromatic nitrogens is 1. The summed E-state index contributed by atoms with van der Waals surface area (Å²) in [4.78, 5) is 36.6. The first kappa shape index (κ1) is 22.2. The number of carbonyl (C=O) groups is 2. The van der Waals surface area contributed by atoms with Crippen LogP contribution < -0.4 is 10.9 Å². The van der Waals surface area contributed by atoms with E-state index in [0.717, 1.165) is 18.4 Å². The molecule has 8 nitrogen and oxygen atoms in total. The van der Waals surface area contributed by atoms with Gasteiger partial charge < -0.3 is 14.6 Å². The molecule has 0 bridgehead atoms. The highest BCUT2D eigenvalue weighted by Gasteiger charge is 2.44. The van der Waals surface area contributed by atoms with Gasteiger partial charge in [0, 0.05) is 42.3 Å². The molecule has 3 fully saturated rings. The summed E-state index contributed by atoms with van der Waals surface area (Å²) in [6, 6.07) is 3.28. The fourth-order valence-corrected chi connectivity index (χ4v) is 6.80. The van der Waals surface area contributed by atoms with Crippen molar-refractivity contribution in [3.8, 4) is 0 Å². The molecular formula is C22H31N3O5S. The third-order valence-corrected chi connectivity index (χ3v) is 8.98. The number of pyridine rings is 1. The molecule has 3 aliphatic rings. The lowest BCUT2D eigenvalue weighted by molar-refractivity contribution is -0.127. The summed E-state index contributed by atoms with van der Waals surface area (Å²) in [5.74, 6) is 0.808. The number of ether oxygens (including phenoxy) is 1. The molecule has 1 saturated carbocycles. The Labute approximate surface area is 182 Å². The molecule has 1 spiro atoms. The predicted octanol–water partition coefficient (Wildman–Crippen LogP) is 1.64. The normalized spacial score (nSPS) is 34.8. The zero-order chi connectivity index (χ0) is 22.2. The van der Waals surface area contributed by atoms with E-state index in [2.05, 4.69) is 16.6 Å². The second-order valence-corrected chi connectivity index (χ2v) is 11.9. The monoisotopic (exact) mass is 449 g/mol. The molecule has 2 saturated heterocycles. The number of rotatable bonds is 4. The van der Waals surface area contributed by atoms with Crippen molar-refractivity contribution in [1.82, 2.24) is 9.88 Å². The molecule has 2 amide bonds. The lowest BCUT2D eigenvalue weighted by Crippen LogP contribution is -2.52. The maximum Gasteiger partial charge on any atom is 0.273 e. The number of carbonyl (C=O) groups excluding carboxylic acids is 2. The van der Waals surface area contributed by atoms with Gasteiger partial charge in [0.2, 0.25) is 5.91 Å². The maximum absolute atomic E-state index is 13.2. The maximum atomic E-state index is 13.2. The Hall–Kier alpha value is -2.00. The van der Waals surface area contributed by atoms with Crippen molar-refractivity contribution < 1.29 is 18.5 Å². The van der Waals surface area contributed by atoms with Gasteiger partial charge >= 0.3 is 0 Å². The third-order valence-electron chi connectivity index (χ3n) is 6.76. The Morgan fingerprint density at radius 3 is 2.71 bits per heavy atom. The largest absolute Gasteiger partial charge is 0.375 e. The summed E-state index contributed by atoms with van der Waals surface area (Å²) in [5, 5.41) is 3.17. The predicted molar refractivity (Wildman–Crippen MR) is 117 cm³/mol. The topological polar surface area (TPSA) is 107 Å². The highest BCUT2D eigenvalue weighted by atomic mass is 32.2. The minimum atomic E-state index is -2.66. The van der Waals surface area contributed by atoms with Gasteiger partial charge in [0.15, 0.2) is 0 Å². The highest BCUT2D eigenvalue weighted by molar-refractivity contribution is 7.93. The smallest absolute Gasteiger partial charge is 0.273 e. The van der Waals surface area contributed by atoms with Crippen LogP contribution in [-0.4, -0.2) is 50.3 Å². The van der Waals surface area contributed by atoms with Gasteiger partial charge in [0.1, 0.15) is 6.54 Å². The number of amides is 2. The molecule has 1 aromatic rings. The molecule has 0 radical (unpaired) electrons. The Balaban J connectivity index is 1.36. The summed E-state index contributed by atoms with van der Waals surface area (Å²) in [6.07, 6.45) is 5.13. The Morgan fingerprint density at radius 1 is 1.35 bits per heavy atom. The molecule has 0 aromatic carbocycles. The first-order valence-corrected chi connectivity index (χ1v) is 12.9. The van der Waals surface area contributed by atoms with Crippen LogP contribution in [-0.2, 0) is 30.6 Å². The van der Waals surface area contributed by atoms with Crippen LogP contribution in [0.4, 0.5) is 0 Å². The fraction of sp³-hybridized carbons (Fsp3) is 0.682. The van der Waals surface area contributed by atoms with Gasteiger partial charge in [-0.25, -0.2) is 4.21 Å². The second kappa shape index (κ2) is 8.50. The fourth-order valence-electron chi connectivity index (χ4n) is 4.60. The van der Waals surface area contributed by atoms with Gasteiger partial charge in [-0.1, -0.05) is 6.92 Å². The van der Waals surface area contributed by atoms with Gasteiger partial charge in [-0.3, -0.25) is 14.4 Å². The van der Waals surface area contributed by atoms with E-state index in [0.29, 0.717) is 43.3 Å². The van der Waals surface area contributed by atoms with E-state index < -0.39 is 21.2 Å². The highest BCUT2D eigenvalue weighted by Crippen LogP contribution is 2.39. The van der Waals surface area contributed by atoms with E-state index in [1.165, 1.54) is 10.6 Å². The summed E-state index contributed by atoms with van der Waals surface area (Å²) < 4.78 is 24.5. The van der Waals surface area contributed by atoms with Gasteiger partial charge in [-0.2, -0.15) is 4.36 Å². The molecule has 2 aliphatic heterocycles. The van der Waals surface area contributed by atoms with Gasteiger partial charge in [0.25, 0.3) is 11.5 Å². The average Bonchev–Trinajstić information content (AvgIpc) is 3.44. The number of nitrogens with zero attached hydrogens (tertiary/aromatic N) is 2. The van der Waals surface area contributed by atoms with Gasteiger partial charge in [-0.05, 0) is 56.6 Å². The van der Waals surface area contributed by atoms with E-state index in [1.807, 2.05) is 6.92 Å². The van der Waals surface area contributed by atoms with Crippen molar-refractivity contribution in [1.29, 1.82) is 0 Å². The van der Waals surface area contributed by atoms with Crippen LogP contribution in [0.15, 0.2) is 27.5 Å². The average molecular weight is 450 g/mol. The standard InChI is InChI=1S/C22H31N3O5S/c1-15-3-7-25(20(27)11-15)14-19(26)24-31(29)9-5-22(6-10-31)13-17(4-8-30-22)23-21(28)18-12-16(18)2/h3,7,11,16-18H,4-6,8-10,12-14H2,1-2H3,(H,23,28)/t16-,17?,18-,22?,31?/m1/s1. The molecule has 31 heavy (non-hydrogen) atoms. The first-order valence-electron chi connectivity index (χ1n) is 11.0. The van der Waals surface area contributed by atoms with Crippen molar-refractivity contribution in [2.24, 2.45) is 16.2 Å². The molecular weight excluding hydrogens is 418 g/mol. The number of aryl methyl sites for hydroxylation is 1. The number of hydrogen-bond acceptors (Lipinski definition) is 5. The van der Waals surface area contributed by atoms with E-state index >= 15 is 0 Å². The summed E-state index contributed by atoms with van der Waals surface area (Å²) >= 11 is 0. The van der Waals surface area contributed by atoms with Crippen molar-refractivity contribution in [3.63, 3.8) is 0 Å². The molecule has 3 heterocycles. The summed E-state index contributed by atoms with van der Waals surface area (Å²) in [5.41, 5.74) is 0.145. The van der Waals surface area contributed by atoms with E-state index in [-0.39, 0.29) is 30.0 Å². The SMILES string of the molecule is Cc1ccn(CC(=O)N=S2(=O)CCC3(CC2)CC(NC(=O)[C@@H]2C[C@H]2C)CCO3)c(=O)c1. The van der Waals surface area contributed by atoms with Crippen LogP contribution in [0.25, 0.3) is 0 Å². The Morgan fingerprint density at radius 2 is 2.06 bits per heavy atom. The van der Waals surface area contributed by atoms with Crippen molar-refractivity contribution >= 4 is 21.5 Å². The van der Waals surface area contributed by atoms with Gasteiger partial charge in [-0.15, -0.1) is 0 Å². The zero-order valence-corrected chi connectivity index (χ0v) is 19.0. The summed E-state index contributed by atoms with van der Waals surface area (Å²) in [6.45, 7) is 4.26. The van der Waals surface area contributed by atoms with Crippen molar-refractivity contribution in [2.45, 2.75) is 64.1 Å². The Kier molecular flexibility index (Phi) is 6.09. The lowest BCUT2D eigenvalue weighted by Gasteiger charge is -2.44. The minimum Gasteiger partial charge on any atom is -0.375 e. The second-order valence-electron chi connectivity index (χ2n) is 9.39. The molecule has 170 valence electrons. The van der Waals surface area contributed by atoms with Crippen molar-refractivity contribution in [2.75, 3.05) is 18.1 Å². The molecule has 1 aromatic heterocycles. The quantitative estimate of drug-likeness (QED) is 0.752. The number of hydrogen-bond donors (Lipinski definition) is 1. The molecule has 3 atom stereocenters. The van der Waals surface area contributed by atoms with Crippen LogP contribution in [0.5, 0.6) is 0 Å². The lowest BCUT2D eigenvalue weighted by atomic mass is 9.85. The van der Waals surface area contributed by atoms with Crippen LogP contribution in [0, 0.1) is 18.8 Å². The van der Waals surface area contributed by atoms with E-state index in [4.69, 9.17) is 4.74 Å². The third kappa shape index (κ3) is 5.26. The van der Waals surface area contributed by atoms with Gasteiger partial charge in [0.05, 0.1) is 15.3 Å². The molecule has 9 heteroatoms. The van der Waals surface area contributed by atoms with E-state index in [9.17, 15) is 18.6 Å². The van der Waals surface area contributed by atoms with Crippen LogP contribution in [0.3, 0.4) is 0 Å². The summed E-state index contributed by atoms with van der Waals surface area (Å²) in [7, 11) is -2.66. The molecule has 1 aliphatic carbocycles. The van der Waals surface area contributed by atoms with Crippen molar-refractivity contribution in [3.05, 3.63) is 34.2 Å². The van der Waals surface area contributed by atoms with E-state index in [1.54, 1.807) is 12.3 Å². The number of nitrogens with one attached hydrogen (secondary N) is 1. The molecule has 1 N–H and O–H groups in total. The van der Waals surface area contributed by atoms with Crippen LogP contribution >= 0.6 is 0 Å². The van der Waals surface area contributed by atoms with Crippen LogP contribution in [0.2, 0.25) is 0 Å². The first-order chi connectivity index (χ1) is 14.7. The molecule has 4 rings (SSSR count). The zero-order valence-electron chi connectivity index (χ0n) is 18.2. The minimum absolute atomic E-state index is 0.0789. The Bertz CT molecular complexity index is 1040.